The zero-order valence-electron chi connectivity index (χ0n) is 10.2. The number of aromatic nitrogens is 1. The summed E-state index contributed by atoms with van der Waals surface area (Å²) in [4.78, 5) is 27.1. The predicted octanol–water partition coefficient (Wildman–Crippen LogP) is 3.99. The third-order valence-corrected chi connectivity index (χ3v) is 3.36. The highest BCUT2D eigenvalue weighted by atomic mass is 35.5. The molecule has 108 valence electrons. The van der Waals surface area contributed by atoms with Crippen molar-refractivity contribution < 1.29 is 14.7 Å². The van der Waals surface area contributed by atoms with Gasteiger partial charge in [0.2, 0.25) is 0 Å². The molecule has 1 aromatic carbocycles. The van der Waals surface area contributed by atoms with Crippen molar-refractivity contribution in [2.45, 2.75) is 0 Å². The summed E-state index contributed by atoms with van der Waals surface area (Å²) in [6, 6.07) is 3.93. The van der Waals surface area contributed by atoms with Crippen LogP contribution in [0.5, 0.6) is 0 Å². The van der Waals surface area contributed by atoms with E-state index in [4.69, 9.17) is 39.9 Å². The lowest BCUT2D eigenvalue weighted by molar-refractivity contribution is 0.0698. The standard InChI is InChI=1S/C13H7Cl3N2O3/c14-6-3-8(13(20)21)11(9(15)4-6)18-12(19)7-1-2-17-5-10(7)16/h1-5H,(H,18,19)(H,20,21). The zero-order valence-corrected chi connectivity index (χ0v) is 12.5. The number of nitrogens with one attached hydrogen (secondary N) is 1. The highest BCUT2D eigenvalue weighted by Crippen LogP contribution is 2.31. The first-order valence-corrected chi connectivity index (χ1v) is 6.66. The Morgan fingerprint density at radius 3 is 2.43 bits per heavy atom. The smallest absolute Gasteiger partial charge is 0.337 e. The van der Waals surface area contributed by atoms with Gasteiger partial charge in [-0.15, -0.1) is 0 Å². The average molecular weight is 346 g/mol. The summed E-state index contributed by atoms with van der Waals surface area (Å²) in [7, 11) is 0. The number of carbonyl (C=O) groups is 2. The molecule has 1 heterocycles. The number of carboxylic acid groups (broad SMARTS) is 1. The number of hydrogen-bond acceptors (Lipinski definition) is 3. The van der Waals surface area contributed by atoms with Crippen LogP contribution in [0.15, 0.2) is 30.6 Å². The molecule has 2 rings (SSSR count). The van der Waals surface area contributed by atoms with E-state index in [9.17, 15) is 9.59 Å². The molecule has 0 spiro atoms. The third-order valence-electron chi connectivity index (χ3n) is 2.54. The maximum Gasteiger partial charge on any atom is 0.337 e. The fraction of sp³-hybridized carbons (Fsp3) is 0. The largest absolute Gasteiger partial charge is 0.478 e. The molecule has 0 saturated heterocycles. The molecule has 0 aliphatic carbocycles. The molecule has 0 aliphatic rings. The first-order valence-electron chi connectivity index (χ1n) is 5.53. The van der Waals surface area contributed by atoms with Crippen LogP contribution in [0.1, 0.15) is 20.7 Å². The van der Waals surface area contributed by atoms with Crippen LogP contribution in [0.25, 0.3) is 0 Å². The van der Waals surface area contributed by atoms with E-state index in [0.717, 1.165) is 0 Å². The summed E-state index contributed by atoms with van der Waals surface area (Å²) in [5, 5.41) is 11.9. The van der Waals surface area contributed by atoms with Gasteiger partial charge >= 0.3 is 5.97 Å². The maximum absolute atomic E-state index is 12.1. The topological polar surface area (TPSA) is 79.3 Å². The first kappa shape index (κ1) is 15.6. The lowest BCUT2D eigenvalue weighted by atomic mass is 10.1. The highest BCUT2D eigenvalue weighted by Gasteiger charge is 2.19. The van der Waals surface area contributed by atoms with Gasteiger partial charge in [0.15, 0.2) is 0 Å². The fourth-order valence-corrected chi connectivity index (χ4v) is 2.36. The number of hydrogen-bond donors (Lipinski definition) is 2. The van der Waals surface area contributed by atoms with Crippen molar-refractivity contribution in [2.75, 3.05) is 5.32 Å². The number of anilines is 1. The lowest BCUT2D eigenvalue weighted by Crippen LogP contribution is -2.16. The molecule has 1 aromatic heterocycles. The van der Waals surface area contributed by atoms with Crippen LogP contribution >= 0.6 is 34.8 Å². The SMILES string of the molecule is O=C(Nc1c(Cl)cc(Cl)cc1C(=O)O)c1ccncc1Cl. The minimum absolute atomic E-state index is 0.0124. The summed E-state index contributed by atoms with van der Waals surface area (Å²) in [6.45, 7) is 0. The summed E-state index contributed by atoms with van der Waals surface area (Å²) >= 11 is 17.6. The number of benzene rings is 1. The molecular formula is C13H7Cl3N2O3. The number of rotatable bonds is 3. The number of carbonyl (C=O) groups excluding carboxylic acids is 1. The van der Waals surface area contributed by atoms with Crippen LogP contribution in [-0.4, -0.2) is 22.0 Å². The number of amides is 1. The predicted molar refractivity (Wildman–Crippen MR) is 80.6 cm³/mol. The minimum atomic E-state index is -1.27. The Balaban J connectivity index is 2.42. The number of pyridine rings is 1. The normalized spacial score (nSPS) is 10.2. The molecule has 0 unspecified atom stereocenters. The van der Waals surface area contributed by atoms with Crippen LogP contribution < -0.4 is 5.32 Å². The maximum atomic E-state index is 12.1. The van der Waals surface area contributed by atoms with E-state index in [1.54, 1.807) is 0 Å². The van der Waals surface area contributed by atoms with Crippen molar-refractivity contribution in [1.82, 2.24) is 4.98 Å². The second-order valence-corrected chi connectivity index (χ2v) is 5.18. The van der Waals surface area contributed by atoms with E-state index in [-0.39, 0.29) is 31.9 Å². The molecular weight excluding hydrogens is 339 g/mol. The summed E-state index contributed by atoms with van der Waals surface area (Å²) in [5.74, 6) is -1.87. The Morgan fingerprint density at radius 1 is 1.10 bits per heavy atom. The van der Waals surface area contributed by atoms with Crippen LogP contribution in [-0.2, 0) is 0 Å². The minimum Gasteiger partial charge on any atom is -0.478 e. The molecule has 1 amide bonds. The van der Waals surface area contributed by atoms with Crippen LogP contribution in [0.3, 0.4) is 0 Å². The molecule has 0 aliphatic heterocycles. The number of nitrogens with zero attached hydrogens (tertiary/aromatic N) is 1. The Labute approximate surface area is 134 Å². The van der Waals surface area contributed by atoms with Gasteiger partial charge < -0.3 is 10.4 Å². The summed E-state index contributed by atoms with van der Waals surface area (Å²) in [5.41, 5.74) is -0.119. The molecule has 2 aromatic rings. The number of aromatic carboxylic acids is 1. The second-order valence-electron chi connectivity index (χ2n) is 3.92. The molecule has 0 radical (unpaired) electrons. The average Bonchev–Trinajstić information content (AvgIpc) is 2.41. The Kier molecular flexibility index (Phi) is 4.67. The molecule has 0 atom stereocenters. The molecule has 8 heteroatoms. The van der Waals surface area contributed by atoms with Gasteiger partial charge in [0, 0.05) is 17.4 Å². The summed E-state index contributed by atoms with van der Waals surface area (Å²) in [6.07, 6.45) is 2.69. The van der Waals surface area contributed by atoms with E-state index >= 15 is 0 Å². The van der Waals surface area contributed by atoms with E-state index in [0.29, 0.717) is 0 Å². The molecule has 0 saturated carbocycles. The zero-order chi connectivity index (χ0) is 15.6. The quantitative estimate of drug-likeness (QED) is 0.881. The Morgan fingerprint density at radius 2 is 1.81 bits per heavy atom. The van der Waals surface area contributed by atoms with E-state index in [2.05, 4.69) is 10.3 Å². The first-order chi connectivity index (χ1) is 9.90. The van der Waals surface area contributed by atoms with Gasteiger partial charge in [-0.2, -0.15) is 0 Å². The number of halogens is 3. The molecule has 0 bridgehead atoms. The fourth-order valence-electron chi connectivity index (χ4n) is 1.61. The molecule has 0 fully saturated rings. The van der Waals surface area contributed by atoms with Gasteiger partial charge in [-0.3, -0.25) is 9.78 Å². The van der Waals surface area contributed by atoms with Crippen LogP contribution in [0.2, 0.25) is 15.1 Å². The number of carboxylic acids is 1. The van der Waals surface area contributed by atoms with Gasteiger partial charge in [-0.05, 0) is 18.2 Å². The van der Waals surface area contributed by atoms with Gasteiger partial charge in [0.1, 0.15) is 0 Å². The van der Waals surface area contributed by atoms with Gasteiger partial charge in [-0.1, -0.05) is 34.8 Å². The monoisotopic (exact) mass is 344 g/mol. The van der Waals surface area contributed by atoms with Crippen molar-refractivity contribution in [1.29, 1.82) is 0 Å². The molecule has 2 N–H and O–H groups in total. The third kappa shape index (κ3) is 3.44. The van der Waals surface area contributed by atoms with Gasteiger partial charge in [-0.25, -0.2) is 4.79 Å². The second kappa shape index (κ2) is 6.30. The van der Waals surface area contributed by atoms with E-state index in [1.165, 1.54) is 30.6 Å². The Hall–Kier alpha value is -1.82. The van der Waals surface area contributed by atoms with Gasteiger partial charge in [0.25, 0.3) is 5.91 Å². The van der Waals surface area contributed by atoms with E-state index < -0.39 is 11.9 Å². The van der Waals surface area contributed by atoms with Crippen LogP contribution in [0, 0.1) is 0 Å². The van der Waals surface area contributed by atoms with Gasteiger partial charge in [0.05, 0.1) is 26.9 Å². The highest BCUT2D eigenvalue weighted by molar-refractivity contribution is 6.38. The molecule has 5 nitrogen and oxygen atoms in total. The summed E-state index contributed by atoms with van der Waals surface area (Å²) < 4.78 is 0. The molecule has 21 heavy (non-hydrogen) atoms. The van der Waals surface area contributed by atoms with Crippen LogP contribution in [0.4, 0.5) is 5.69 Å². The van der Waals surface area contributed by atoms with E-state index in [1.807, 2.05) is 0 Å². The van der Waals surface area contributed by atoms with Crippen molar-refractivity contribution in [3.63, 3.8) is 0 Å². The van der Waals surface area contributed by atoms with Crippen molar-refractivity contribution in [3.05, 3.63) is 56.8 Å². The van der Waals surface area contributed by atoms with Crippen molar-refractivity contribution >= 4 is 52.4 Å². The Bertz CT molecular complexity index is 735. The van der Waals surface area contributed by atoms with Crippen molar-refractivity contribution in [3.8, 4) is 0 Å². The van der Waals surface area contributed by atoms with Crippen molar-refractivity contribution in [2.24, 2.45) is 0 Å². The lowest BCUT2D eigenvalue weighted by Gasteiger charge is -2.11.